The summed E-state index contributed by atoms with van der Waals surface area (Å²) in [4.78, 5) is 0. The van der Waals surface area contributed by atoms with Crippen molar-refractivity contribution in [2.75, 3.05) is 0 Å². The molecule has 0 spiro atoms. The summed E-state index contributed by atoms with van der Waals surface area (Å²) in [5.41, 5.74) is 0.892. The van der Waals surface area contributed by atoms with Crippen LogP contribution in [0.1, 0.15) is 11.1 Å². The lowest BCUT2D eigenvalue weighted by atomic mass is 10.1. The molecule has 0 fully saturated rings. The van der Waals surface area contributed by atoms with E-state index in [1.807, 2.05) is 0 Å². The first-order valence-electron chi connectivity index (χ1n) is 3.29. The number of oxime groups is 1. The molecule has 0 unspecified atom stereocenters. The third-order valence-electron chi connectivity index (χ3n) is 1.43. The number of nitrogens with zero attached hydrogens (tertiary/aromatic N) is 1. The van der Waals surface area contributed by atoms with Gasteiger partial charge in [-0.25, -0.2) is 4.39 Å². The molecule has 0 saturated carbocycles. The highest BCUT2D eigenvalue weighted by molar-refractivity contribution is 6.69. The first-order chi connectivity index (χ1) is 5.65. The number of hydrogen-bond donors (Lipinski definition) is 1. The average molecular weight is 188 g/mol. The van der Waals surface area contributed by atoms with Gasteiger partial charge in [-0.1, -0.05) is 22.8 Å². The van der Waals surface area contributed by atoms with E-state index in [0.29, 0.717) is 0 Å². The van der Waals surface area contributed by atoms with Crippen molar-refractivity contribution >= 4 is 16.8 Å². The first kappa shape index (κ1) is 9.00. The Morgan fingerprint density at radius 3 is 2.75 bits per heavy atom. The van der Waals surface area contributed by atoms with Crippen LogP contribution in [0.15, 0.2) is 23.4 Å². The lowest BCUT2D eigenvalue weighted by Crippen LogP contribution is -1.96. The Hall–Kier alpha value is -1.09. The second-order valence-electron chi connectivity index (χ2n) is 2.37. The number of benzene rings is 1. The second-order valence-corrected chi connectivity index (χ2v) is 2.73. The van der Waals surface area contributed by atoms with Gasteiger partial charge in [0.25, 0.3) is 0 Å². The Labute approximate surface area is 74.3 Å². The Kier molecular flexibility index (Phi) is 2.65. The molecule has 0 aromatic heterocycles. The standard InChI is InChI=1S/C8H7ClFNO/c1-5-2-3-6(7(10)4-5)8(9)11-12/h2-4,12H,1H3/b11-8+. The fourth-order valence-electron chi connectivity index (χ4n) is 0.841. The van der Waals surface area contributed by atoms with E-state index in [4.69, 9.17) is 16.8 Å². The maximum absolute atomic E-state index is 13.0. The van der Waals surface area contributed by atoms with E-state index < -0.39 is 5.82 Å². The molecule has 0 bridgehead atoms. The minimum absolute atomic E-state index is 0.102. The SMILES string of the molecule is Cc1ccc(/C(Cl)=N\O)c(F)c1. The van der Waals surface area contributed by atoms with Crippen LogP contribution in [0.2, 0.25) is 0 Å². The minimum Gasteiger partial charge on any atom is -0.410 e. The van der Waals surface area contributed by atoms with Crippen LogP contribution < -0.4 is 0 Å². The maximum atomic E-state index is 13.0. The summed E-state index contributed by atoms with van der Waals surface area (Å²) in [5, 5.41) is 10.7. The van der Waals surface area contributed by atoms with Gasteiger partial charge in [0.15, 0.2) is 5.17 Å². The molecule has 0 saturated heterocycles. The van der Waals surface area contributed by atoms with Crippen LogP contribution in [-0.4, -0.2) is 10.4 Å². The Balaban J connectivity index is 3.18. The number of halogens is 2. The zero-order chi connectivity index (χ0) is 9.14. The van der Waals surface area contributed by atoms with Crippen LogP contribution in [-0.2, 0) is 0 Å². The van der Waals surface area contributed by atoms with E-state index in [-0.39, 0.29) is 10.7 Å². The normalized spacial score (nSPS) is 11.8. The van der Waals surface area contributed by atoms with Crippen molar-refractivity contribution in [2.45, 2.75) is 6.92 Å². The third kappa shape index (κ3) is 1.74. The molecular formula is C8H7ClFNO. The van der Waals surface area contributed by atoms with Crippen molar-refractivity contribution in [3.8, 4) is 0 Å². The summed E-state index contributed by atoms with van der Waals surface area (Å²) in [6, 6.07) is 4.47. The van der Waals surface area contributed by atoms with Crippen molar-refractivity contribution in [3.05, 3.63) is 35.1 Å². The summed E-state index contributed by atoms with van der Waals surface area (Å²) >= 11 is 5.41. The van der Waals surface area contributed by atoms with E-state index in [0.717, 1.165) is 5.56 Å². The van der Waals surface area contributed by atoms with Crippen LogP contribution >= 0.6 is 11.6 Å². The van der Waals surface area contributed by atoms with Gasteiger partial charge in [0.2, 0.25) is 0 Å². The number of hydrogen-bond acceptors (Lipinski definition) is 2. The summed E-state index contributed by atoms with van der Waals surface area (Å²) in [7, 11) is 0. The molecule has 2 nitrogen and oxygen atoms in total. The summed E-state index contributed by atoms with van der Waals surface area (Å²) < 4.78 is 13.0. The number of rotatable bonds is 1. The molecule has 0 heterocycles. The molecule has 0 amide bonds. The molecule has 1 aromatic rings. The monoisotopic (exact) mass is 187 g/mol. The molecule has 1 aromatic carbocycles. The van der Waals surface area contributed by atoms with Crippen molar-refractivity contribution in [2.24, 2.45) is 5.16 Å². The molecule has 4 heteroatoms. The van der Waals surface area contributed by atoms with Gasteiger partial charge in [0.1, 0.15) is 5.82 Å². The van der Waals surface area contributed by atoms with Crippen molar-refractivity contribution < 1.29 is 9.60 Å². The summed E-state index contributed by atoms with van der Waals surface area (Å²) in [5.74, 6) is -0.488. The molecular weight excluding hydrogens is 181 g/mol. The van der Waals surface area contributed by atoms with Crippen molar-refractivity contribution in [3.63, 3.8) is 0 Å². The van der Waals surface area contributed by atoms with Gasteiger partial charge < -0.3 is 5.21 Å². The summed E-state index contributed by atoms with van der Waals surface area (Å²) in [6.07, 6.45) is 0. The summed E-state index contributed by atoms with van der Waals surface area (Å²) in [6.45, 7) is 1.76. The predicted octanol–water partition coefficient (Wildman–Crippen LogP) is 2.51. The predicted molar refractivity (Wildman–Crippen MR) is 45.3 cm³/mol. The van der Waals surface area contributed by atoms with E-state index in [9.17, 15) is 4.39 Å². The fourth-order valence-corrected chi connectivity index (χ4v) is 0.995. The van der Waals surface area contributed by atoms with Gasteiger partial charge in [-0.2, -0.15) is 0 Å². The highest BCUT2D eigenvalue weighted by Gasteiger charge is 2.06. The van der Waals surface area contributed by atoms with Gasteiger partial charge in [0.05, 0.1) is 5.56 Å². The molecule has 0 radical (unpaired) electrons. The molecule has 0 aliphatic heterocycles. The van der Waals surface area contributed by atoms with Gasteiger partial charge >= 0.3 is 0 Å². The largest absolute Gasteiger partial charge is 0.410 e. The molecule has 0 atom stereocenters. The molecule has 64 valence electrons. The maximum Gasteiger partial charge on any atom is 0.178 e. The average Bonchev–Trinajstić information content (AvgIpc) is 2.03. The minimum atomic E-state index is -0.488. The lowest BCUT2D eigenvalue weighted by molar-refractivity contribution is 0.320. The van der Waals surface area contributed by atoms with Crippen LogP contribution in [0.3, 0.4) is 0 Å². The van der Waals surface area contributed by atoms with E-state index in [1.165, 1.54) is 12.1 Å². The van der Waals surface area contributed by atoms with Crippen LogP contribution in [0.5, 0.6) is 0 Å². The van der Waals surface area contributed by atoms with Gasteiger partial charge in [0, 0.05) is 0 Å². The second kappa shape index (κ2) is 3.54. The van der Waals surface area contributed by atoms with E-state index in [1.54, 1.807) is 13.0 Å². The van der Waals surface area contributed by atoms with E-state index in [2.05, 4.69) is 5.16 Å². The van der Waals surface area contributed by atoms with Gasteiger partial charge in [-0.05, 0) is 24.6 Å². The molecule has 1 N–H and O–H groups in total. The molecule has 1 rings (SSSR count). The smallest absolute Gasteiger partial charge is 0.178 e. The quantitative estimate of drug-likeness (QED) is 0.409. The van der Waals surface area contributed by atoms with Crippen LogP contribution in [0.25, 0.3) is 0 Å². The highest BCUT2D eigenvalue weighted by Crippen LogP contribution is 2.12. The third-order valence-corrected chi connectivity index (χ3v) is 1.71. The van der Waals surface area contributed by atoms with Crippen molar-refractivity contribution in [1.82, 2.24) is 0 Å². The molecule has 0 aliphatic rings. The first-order valence-corrected chi connectivity index (χ1v) is 3.67. The van der Waals surface area contributed by atoms with Gasteiger partial charge in [-0.3, -0.25) is 0 Å². The Morgan fingerprint density at radius 2 is 2.25 bits per heavy atom. The molecule has 0 aliphatic carbocycles. The fraction of sp³-hybridized carbons (Fsp3) is 0.125. The zero-order valence-corrected chi connectivity index (χ0v) is 7.14. The number of aryl methyl sites for hydroxylation is 1. The molecule has 12 heavy (non-hydrogen) atoms. The zero-order valence-electron chi connectivity index (χ0n) is 6.38. The van der Waals surface area contributed by atoms with Crippen LogP contribution in [0, 0.1) is 12.7 Å². The highest BCUT2D eigenvalue weighted by atomic mass is 35.5. The van der Waals surface area contributed by atoms with Crippen LogP contribution in [0.4, 0.5) is 4.39 Å². The topological polar surface area (TPSA) is 32.6 Å². The lowest BCUT2D eigenvalue weighted by Gasteiger charge is -1.99. The van der Waals surface area contributed by atoms with Gasteiger partial charge in [-0.15, -0.1) is 0 Å². The Bertz CT molecular complexity index is 325. The van der Waals surface area contributed by atoms with Crippen molar-refractivity contribution in [1.29, 1.82) is 0 Å². The van der Waals surface area contributed by atoms with E-state index >= 15 is 0 Å². The Morgan fingerprint density at radius 1 is 1.58 bits per heavy atom.